The van der Waals surface area contributed by atoms with E-state index >= 15 is 0 Å². The Hall–Kier alpha value is -2.58. The van der Waals surface area contributed by atoms with Crippen molar-refractivity contribution in [3.8, 4) is 16.9 Å². The third-order valence-corrected chi connectivity index (χ3v) is 10.2. The minimum Gasteiger partial charge on any atom is -0.423 e. The Balaban J connectivity index is 1.20. The molecule has 0 amide bonds. The van der Waals surface area contributed by atoms with Crippen molar-refractivity contribution >= 4 is 17.6 Å². The molecule has 0 bridgehead atoms. The van der Waals surface area contributed by atoms with E-state index in [1.165, 1.54) is 132 Å². The highest BCUT2D eigenvalue weighted by Crippen LogP contribution is 2.40. The zero-order chi connectivity index (χ0) is 31.7. The fourth-order valence-electron chi connectivity index (χ4n) is 6.99. The number of benzene rings is 3. The molecule has 0 radical (unpaired) electrons. The molecule has 0 N–H and O–H groups in total. The van der Waals surface area contributed by atoms with Gasteiger partial charge in [-0.3, -0.25) is 0 Å². The van der Waals surface area contributed by atoms with Crippen LogP contribution in [0.3, 0.4) is 0 Å². The number of hydrogen-bond donors (Lipinski definition) is 0. The van der Waals surface area contributed by atoms with Crippen molar-refractivity contribution in [2.75, 3.05) is 0 Å². The standard InChI is InChI=1S/C42H57ClO2/c1-3-5-7-9-11-13-15-17-34-20-24-37(25-21-34)40-31-28-38(32-41(40)43)42(44)45-39-29-26-36(27-30-39)35-22-18-33(19-23-35)16-14-12-10-8-6-4-2/h18-19,22-23,26-32,34,37H,3-17,20-21,24-25H2,1-2H3. The van der Waals surface area contributed by atoms with Gasteiger partial charge in [-0.15, -0.1) is 0 Å². The molecule has 1 fully saturated rings. The first kappa shape index (κ1) is 35.3. The average molecular weight is 629 g/mol. The SMILES string of the molecule is CCCCCCCCCC1CCC(c2ccc(C(=O)Oc3ccc(-c4ccc(CCCCCCCC)cc4)cc3)cc2Cl)CC1. The van der Waals surface area contributed by atoms with Crippen LogP contribution in [0.4, 0.5) is 0 Å². The lowest BCUT2D eigenvalue weighted by Crippen LogP contribution is -2.14. The molecule has 2 nitrogen and oxygen atoms in total. The maximum Gasteiger partial charge on any atom is 0.343 e. The van der Waals surface area contributed by atoms with Crippen LogP contribution in [0.25, 0.3) is 11.1 Å². The quantitative estimate of drug-likeness (QED) is 0.0749. The van der Waals surface area contributed by atoms with E-state index in [9.17, 15) is 4.79 Å². The number of ether oxygens (including phenoxy) is 1. The molecular formula is C42H57ClO2. The summed E-state index contributed by atoms with van der Waals surface area (Å²) in [6.07, 6.45) is 25.1. The molecule has 1 aliphatic rings. The first-order valence-corrected chi connectivity index (χ1v) is 18.7. The summed E-state index contributed by atoms with van der Waals surface area (Å²) >= 11 is 6.75. The van der Waals surface area contributed by atoms with Gasteiger partial charge in [-0.1, -0.05) is 151 Å². The summed E-state index contributed by atoms with van der Waals surface area (Å²) in [5.74, 6) is 1.53. The Labute approximate surface area is 279 Å². The van der Waals surface area contributed by atoms with Crippen LogP contribution in [0.5, 0.6) is 5.75 Å². The maximum absolute atomic E-state index is 13.0. The second kappa shape index (κ2) is 19.8. The van der Waals surface area contributed by atoms with E-state index in [0.717, 1.165) is 17.9 Å². The molecule has 1 saturated carbocycles. The summed E-state index contributed by atoms with van der Waals surface area (Å²) in [4.78, 5) is 13.0. The molecule has 0 unspecified atom stereocenters. The number of carbonyl (C=O) groups is 1. The van der Waals surface area contributed by atoms with E-state index in [1.54, 1.807) is 6.07 Å². The number of carbonyl (C=O) groups excluding carboxylic acids is 1. The molecule has 1 aliphatic carbocycles. The predicted octanol–water partition coefficient (Wildman–Crippen LogP) is 13.5. The summed E-state index contributed by atoms with van der Waals surface area (Å²) in [5, 5.41) is 0.690. The van der Waals surface area contributed by atoms with Crippen LogP contribution in [0.15, 0.2) is 66.7 Å². The van der Waals surface area contributed by atoms with Crippen LogP contribution >= 0.6 is 11.6 Å². The molecular weight excluding hydrogens is 572 g/mol. The monoisotopic (exact) mass is 628 g/mol. The van der Waals surface area contributed by atoms with Crippen LogP contribution in [0.1, 0.15) is 157 Å². The number of rotatable bonds is 19. The molecule has 0 spiro atoms. The number of aryl methyl sites for hydroxylation is 1. The first-order valence-electron chi connectivity index (χ1n) is 18.3. The van der Waals surface area contributed by atoms with E-state index in [4.69, 9.17) is 16.3 Å². The number of hydrogen-bond acceptors (Lipinski definition) is 2. The molecule has 45 heavy (non-hydrogen) atoms. The Kier molecular flexibility index (Phi) is 15.5. The smallest absolute Gasteiger partial charge is 0.343 e. The zero-order valence-corrected chi connectivity index (χ0v) is 28.9. The molecule has 244 valence electrons. The molecule has 3 aromatic carbocycles. The molecule has 0 aliphatic heterocycles. The van der Waals surface area contributed by atoms with Gasteiger partial charge in [0.1, 0.15) is 5.75 Å². The molecule has 3 heteroatoms. The number of halogens is 1. The Morgan fingerprint density at radius 2 is 1.22 bits per heavy atom. The Morgan fingerprint density at radius 1 is 0.667 bits per heavy atom. The van der Waals surface area contributed by atoms with Gasteiger partial charge < -0.3 is 4.74 Å². The van der Waals surface area contributed by atoms with Crippen molar-refractivity contribution in [2.45, 2.75) is 142 Å². The first-order chi connectivity index (χ1) is 22.1. The molecule has 3 aromatic rings. The molecule has 0 saturated heterocycles. The highest BCUT2D eigenvalue weighted by molar-refractivity contribution is 6.31. The summed E-state index contributed by atoms with van der Waals surface area (Å²) in [5.41, 5.74) is 5.38. The van der Waals surface area contributed by atoms with Gasteiger partial charge >= 0.3 is 5.97 Å². The summed E-state index contributed by atoms with van der Waals surface area (Å²) in [7, 11) is 0. The van der Waals surface area contributed by atoms with Gasteiger partial charge in [0.05, 0.1) is 5.56 Å². The Bertz CT molecular complexity index is 1250. The third-order valence-electron chi connectivity index (χ3n) is 9.91. The summed E-state index contributed by atoms with van der Waals surface area (Å²) in [6, 6.07) is 22.4. The lowest BCUT2D eigenvalue weighted by Gasteiger charge is -2.29. The van der Waals surface area contributed by atoms with Crippen LogP contribution in [0, 0.1) is 5.92 Å². The van der Waals surface area contributed by atoms with Gasteiger partial charge in [-0.25, -0.2) is 4.79 Å². The fraction of sp³-hybridized carbons (Fsp3) is 0.548. The minimum atomic E-state index is -0.367. The normalized spacial score (nSPS) is 16.5. The predicted molar refractivity (Wildman–Crippen MR) is 193 cm³/mol. The van der Waals surface area contributed by atoms with Gasteiger partial charge in [0.25, 0.3) is 0 Å². The lowest BCUT2D eigenvalue weighted by molar-refractivity contribution is 0.0734. The fourth-order valence-corrected chi connectivity index (χ4v) is 7.33. The van der Waals surface area contributed by atoms with Crippen LogP contribution in [-0.4, -0.2) is 5.97 Å². The van der Waals surface area contributed by atoms with Gasteiger partial charge in [-0.2, -0.15) is 0 Å². The van der Waals surface area contributed by atoms with Crippen molar-refractivity contribution in [3.05, 3.63) is 88.4 Å². The van der Waals surface area contributed by atoms with E-state index < -0.39 is 0 Å². The highest BCUT2D eigenvalue weighted by Gasteiger charge is 2.24. The lowest BCUT2D eigenvalue weighted by atomic mass is 9.77. The van der Waals surface area contributed by atoms with Gasteiger partial charge in [-0.05, 0) is 96.9 Å². The summed E-state index contributed by atoms with van der Waals surface area (Å²) in [6.45, 7) is 4.54. The summed E-state index contributed by atoms with van der Waals surface area (Å²) < 4.78 is 5.72. The Morgan fingerprint density at radius 3 is 1.82 bits per heavy atom. The van der Waals surface area contributed by atoms with Crippen molar-refractivity contribution in [3.63, 3.8) is 0 Å². The van der Waals surface area contributed by atoms with E-state index in [-0.39, 0.29) is 5.97 Å². The van der Waals surface area contributed by atoms with Crippen molar-refractivity contribution < 1.29 is 9.53 Å². The van der Waals surface area contributed by atoms with Crippen LogP contribution < -0.4 is 4.74 Å². The molecule has 0 atom stereocenters. The largest absolute Gasteiger partial charge is 0.423 e. The van der Waals surface area contributed by atoms with Crippen molar-refractivity contribution in [1.82, 2.24) is 0 Å². The second-order valence-electron chi connectivity index (χ2n) is 13.5. The molecule has 0 heterocycles. The van der Waals surface area contributed by atoms with Gasteiger partial charge in [0.2, 0.25) is 0 Å². The second-order valence-corrected chi connectivity index (χ2v) is 13.9. The highest BCUT2D eigenvalue weighted by atomic mass is 35.5. The van der Waals surface area contributed by atoms with Gasteiger partial charge in [0.15, 0.2) is 0 Å². The van der Waals surface area contributed by atoms with E-state index in [0.29, 0.717) is 22.3 Å². The minimum absolute atomic E-state index is 0.367. The van der Waals surface area contributed by atoms with Crippen LogP contribution in [-0.2, 0) is 6.42 Å². The number of esters is 1. The van der Waals surface area contributed by atoms with Gasteiger partial charge in [0, 0.05) is 5.02 Å². The van der Waals surface area contributed by atoms with E-state index in [1.807, 2.05) is 30.3 Å². The average Bonchev–Trinajstić information content (AvgIpc) is 3.07. The maximum atomic E-state index is 13.0. The molecule has 0 aromatic heterocycles. The topological polar surface area (TPSA) is 26.3 Å². The van der Waals surface area contributed by atoms with E-state index in [2.05, 4.69) is 44.2 Å². The van der Waals surface area contributed by atoms with Crippen molar-refractivity contribution in [2.24, 2.45) is 5.92 Å². The number of unbranched alkanes of at least 4 members (excludes halogenated alkanes) is 11. The molecule has 4 rings (SSSR count). The third kappa shape index (κ3) is 11.9. The zero-order valence-electron chi connectivity index (χ0n) is 28.1. The van der Waals surface area contributed by atoms with Crippen molar-refractivity contribution in [1.29, 1.82) is 0 Å². The van der Waals surface area contributed by atoms with Crippen LogP contribution in [0.2, 0.25) is 5.02 Å².